The summed E-state index contributed by atoms with van der Waals surface area (Å²) in [6.07, 6.45) is 8.82. The minimum absolute atomic E-state index is 0.0222. The summed E-state index contributed by atoms with van der Waals surface area (Å²) in [6, 6.07) is 0. The third-order valence-corrected chi connectivity index (χ3v) is 3.74. The molecule has 0 bridgehead atoms. The second-order valence-electron chi connectivity index (χ2n) is 5.08. The highest BCUT2D eigenvalue weighted by molar-refractivity contribution is 9.10. The first-order valence-corrected chi connectivity index (χ1v) is 8.56. The molecule has 3 N–H and O–H groups in total. The van der Waals surface area contributed by atoms with E-state index >= 15 is 0 Å². The summed E-state index contributed by atoms with van der Waals surface area (Å²) < 4.78 is 10.5. The van der Waals surface area contributed by atoms with Crippen LogP contribution in [0.4, 0.5) is 11.6 Å². The normalized spacial score (nSPS) is 14.6. The Hall–Kier alpha value is -1.41. The summed E-state index contributed by atoms with van der Waals surface area (Å²) in [7, 11) is 1.82. The molecule has 1 aliphatic carbocycles. The maximum absolute atomic E-state index is 11.0. The summed E-state index contributed by atoms with van der Waals surface area (Å²) in [5.41, 5.74) is 5.56. The fraction of sp³-hybridized carbons (Fsp3) is 0.667. The highest BCUT2D eigenvalue weighted by atomic mass is 79.9. The maximum Gasteiger partial charge on any atom is 0.325 e. The molecule has 0 saturated heterocycles. The molecule has 7 nitrogen and oxygen atoms in total. The van der Waals surface area contributed by atoms with Crippen molar-refractivity contribution < 1.29 is 14.3 Å². The van der Waals surface area contributed by atoms with Gasteiger partial charge in [0.05, 0.1) is 18.9 Å². The van der Waals surface area contributed by atoms with Gasteiger partial charge in [-0.3, -0.25) is 4.79 Å². The molecule has 0 unspecified atom stereocenters. The van der Waals surface area contributed by atoms with Crippen LogP contribution < -0.4 is 11.1 Å². The first kappa shape index (κ1) is 19.6. The zero-order chi connectivity index (χ0) is 17.1. The Bertz CT molecular complexity index is 482. The molecule has 8 heteroatoms. The molecule has 1 aromatic heterocycles. The van der Waals surface area contributed by atoms with E-state index in [2.05, 4.69) is 31.2 Å². The van der Waals surface area contributed by atoms with Crippen LogP contribution in [0.2, 0.25) is 0 Å². The number of ether oxygens (including phenoxy) is 2. The second-order valence-corrected chi connectivity index (χ2v) is 5.89. The van der Waals surface area contributed by atoms with Crippen molar-refractivity contribution in [2.75, 3.05) is 31.3 Å². The van der Waals surface area contributed by atoms with Gasteiger partial charge >= 0.3 is 5.97 Å². The number of aromatic nitrogens is 2. The molecule has 23 heavy (non-hydrogen) atoms. The Morgan fingerprint density at radius 1 is 1.43 bits per heavy atom. The summed E-state index contributed by atoms with van der Waals surface area (Å²) >= 11 is 3.13. The van der Waals surface area contributed by atoms with Crippen LogP contribution in [-0.4, -0.2) is 42.3 Å². The molecule has 0 radical (unpaired) electrons. The number of rotatable bonds is 5. The lowest BCUT2D eigenvalue weighted by Crippen LogP contribution is -2.18. The lowest BCUT2D eigenvalue weighted by molar-refractivity contribution is -0.140. The Kier molecular flexibility index (Phi) is 9.54. The summed E-state index contributed by atoms with van der Waals surface area (Å²) in [4.78, 5) is 18.9. The number of hydrogen-bond donors (Lipinski definition) is 2. The van der Waals surface area contributed by atoms with Crippen molar-refractivity contribution in [2.24, 2.45) is 0 Å². The number of carbonyl (C=O) groups excluding carboxylic acids is 1. The average Bonchev–Trinajstić information content (AvgIpc) is 2.56. The number of esters is 1. The van der Waals surface area contributed by atoms with Crippen LogP contribution in [-0.2, 0) is 14.3 Å². The highest BCUT2D eigenvalue weighted by Gasteiger charge is 2.10. The van der Waals surface area contributed by atoms with E-state index in [9.17, 15) is 4.79 Å². The number of anilines is 2. The summed E-state index contributed by atoms with van der Waals surface area (Å²) in [5, 5.41) is 2.73. The van der Waals surface area contributed by atoms with Gasteiger partial charge < -0.3 is 20.5 Å². The smallest absolute Gasteiger partial charge is 0.325 e. The molecular weight excluding hydrogens is 364 g/mol. The Labute approximate surface area is 145 Å². The molecule has 0 aromatic carbocycles. The third kappa shape index (κ3) is 8.13. The van der Waals surface area contributed by atoms with Gasteiger partial charge in [0.2, 0.25) is 0 Å². The first-order chi connectivity index (χ1) is 11.1. The molecule has 1 saturated carbocycles. The predicted octanol–water partition coefficient (Wildman–Crippen LogP) is 2.76. The van der Waals surface area contributed by atoms with Gasteiger partial charge in [-0.25, -0.2) is 9.97 Å². The van der Waals surface area contributed by atoms with Crippen LogP contribution in [0.5, 0.6) is 0 Å². The summed E-state index contributed by atoms with van der Waals surface area (Å²) in [5.74, 6) is 0.238. The van der Waals surface area contributed by atoms with Crippen molar-refractivity contribution in [3.8, 4) is 0 Å². The highest BCUT2D eigenvalue weighted by Crippen LogP contribution is 2.19. The number of nitrogen functional groups attached to an aromatic ring is 1. The van der Waals surface area contributed by atoms with Crippen LogP contribution in [0.15, 0.2) is 10.8 Å². The number of nitrogens with zero attached hydrogens (tertiary/aromatic N) is 2. The van der Waals surface area contributed by atoms with Crippen molar-refractivity contribution in [3.05, 3.63) is 10.8 Å². The largest absolute Gasteiger partial charge is 0.465 e. The van der Waals surface area contributed by atoms with E-state index < -0.39 is 0 Å². The van der Waals surface area contributed by atoms with Crippen molar-refractivity contribution >= 4 is 33.5 Å². The van der Waals surface area contributed by atoms with E-state index in [1.54, 1.807) is 6.92 Å². The van der Waals surface area contributed by atoms with E-state index in [1.807, 2.05) is 7.11 Å². The molecule has 1 aromatic rings. The van der Waals surface area contributed by atoms with Crippen molar-refractivity contribution in [1.29, 1.82) is 0 Å². The van der Waals surface area contributed by atoms with Gasteiger partial charge in [-0.1, -0.05) is 19.3 Å². The zero-order valence-corrected chi connectivity index (χ0v) is 15.3. The lowest BCUT2D eigenvalue weighted by Gasteiger charge is -2.19. The lowest BCUT2D eigenvalue weighted by atomic mass is 9.98. The van der Waals surface area contributed by atoms with E-state index in [-0.39, 0.29) is 18.3 Å². The topological polar surface area (TPSA) is 99.4 Å². The fourth-order valence-corrected chi connectivity index (χ4v) is 2.48. The van der Waals surface area contributed by atoms with Crippen molar-refractivity contribution in [1.82, 2.24) is 9.97 Å². The van der Waals surface area contributed by atoms with Gasteiger partial charge in [0.1, 0.15) is 11.1 Å². The molecule has 0 amide bonds. The van der Waals surface area contributed by atoms with Crippen molar-refractivity contribution in [2.45, 2.75) is 45.1 Å². The maximum atomic E-state index is 11.0. The zero-order valence-electron chi connectivity index (χ0n) is 13.7. The molecule has 0 spiro atoms. The number of hydrogen-bond acceptors (Lipinski definition) is 7. The van der Waals surface area contributed by atoms with Crippen LogP contribution in [0.25, 0.3) is 0 Å². The molecule has 1 heterocycles. The number of carbonyl (C=O) groups is 1. The van der Waals surface area contributed by atoms with Gasteiger partial charge in [-0.15, -0.1) is 0 Å². The van der Waals surface area contributed by atoms with Gasteiger partial charge in [0.25, 0.3) is 0 Å². The van der Waals surface area contributed by atoms with E-state index in [4.69, 9.17) is 15.2 Å². The van der Waals surface area contributed by atoms with Gasteiger partial charge in [-0.2, -0.15) is 0 Å². The van der Waals surface area contributed by atoms with E-state index in [0.717, 1.165) is 0 Å². The fourth-order valence-electron chi connectivity index (χ4n) is 2.19. The molecule has 130 valence electrons. The molecular formula is C15H25BrN4O3. The van der Waals surface area contributed by atoms with Gasteiger partial charge in [0.15, 0.2) is 11.6 Å². The first-order valence-electron chi connectivity index (χ1n) is 7.77. The minimum Gasteiger partial charge on any atom is -0.465 e. The number of nitrogens with two attached hydrogens (primary N) is 1. The Morgan fingerprint density at radius 3 is 2.65 bits per heavy atom. The standard InChI is InChI=1S/C8H11BrN4O2.C7H14O/c1-2-15-6(14)4-12-8-7(10)13-5(9)3-11-8;1-8-7-5-3-2-4-6-7/h3H,2,4H2,1H3,(H2,10,13)(H,11,12);7H,2-6H2,1H3. The Morgan fingerprint density at radius 2 is 2.13 bits per heavy atom. The quantitative estimate of drug-likeness (QED) is 0.747. The van der Waals surface area contributed by atoms with Crippen LogP contribution in [0.1, 0.15) is 39.0 Å². The molecule has 1 fully saturated rings. The van der Waals surface area contributed by atoms with E-state index in [1.165, 1.54) is 38.3 Å². The predicted molar refractivity (Wildman–Crippen MR) is 93.1 cm³/mol. The summed E-state index contributed by atoms with van der Waals surface area (Å²) in [6.45, 7) is 2.11. The second kappa shape index (κ2) is 11.2. The third-order valence-electron chi connectivity index (χ3n) is 3.36. The van der Waals surface area contributed by atoms with Crippen molar-refractivity contribution in [3.63, 3.8) is 0 Å². The van der Waals surface area contributed by atoms with Crippen LogP contribution in [0.3, 0.4) is 0 Å². The average molecular weight is 389 g/mol. The SMILES string of the molecule is CCOC(=O)CNc1ncc(Br)nc1N.COC1CCCCC1. The van der Waals surface area contributed by atoms with Gasteiger partial charge in [0, 0.05) is 7.11 Å². The van der Waals surface area contributed by atoms with E-state index in [0.29, 0.717) is 23.1 Å². The van der Waals surface area contributed by atoms with Gasteiger partial charge in [-0.05, 0) is 35.7 Å². The number of methoxy groups -OCH3 is 1. The Balaban J connectivity index is 0.000000277. The monoisotopic (exact) mass is 388 g/mol. The van der Waals surface area contributed by atoms with Crippen LogP contribution >= 0.6 is 15.9 Å². The minimum atomic E-state index is -0.360. The number of halogens is 1. The number of nitrogens with one attached hydrogen (secondary N) is 1. The molecule has 2 rings (SSSR count). The molecule has 0 aliphatic heterocycles. The molecule has 0 atom stereocenters. The van der Waals surface area contributed by atoms with Crippen LogP contribution in [0, 0.1) is 0 Å². The molecule has 1 aliphatic rings.